The fourth-order valence-corrected chi connectivity index (χ4v) is 1.58. The zero-order chi connectivity index (χ0) is 14.1. The van der Waals surface area contributed by atoms with Gasteiger partial charge in [-0.2, -0.15) is 0 Å². The standard InChI is InChI=1S/C15H25N3O/c1-5-13(3)18-15(16-4)17-10-11-19-14-9-7-6-8-12(14)2/h6-9,13H,5,10-11H2,1-4H3,(H2,16,17,18). The van der Waals surface area contributed by atoms with Crippen LogP contribution in [0.1, 0.15) is 25.8 Å². The van der Waals surface area contributed by atoms with Crippen LogP contribution in [-0.4, -0.2) is 32.2 Å². The van der Waals surface area contributed by atoms with Gasteiger partial charge in [0.15, 0.2) is 5.96 Å². The molecule has 0 saturated heterocycles. The summed E-state index contributed by atoms with van der Waals surface area (Å²) in [6.45, 7) is 7.67. The van der Waals surface area contributed by atoms with E-state index >= 15 is 0 Å². The summed E-state index contributed by atoms with van der Waals surface area (Å²) < 4.78 is 5.72. The Balaban J connectivity index is 2.28. The minimum absolute atomic E-state index is 0.420. The number of para-hydroxylation sites is 1. The van der Waals surface area contributed by atoms with E-state index in [2.05, 4.69) is 29.5 Å². The molecule has 106 valence electrons. The molecule has 0 amide bonds. The molecule has 0 heterocycles. The number of hydrogen-bond acceptors (Lipinski definition) is 2. The van der Waals surface area contributed by atoms with Gasteiger partial charge >= 0.3 is 0 Å². The van der Waals surface area contributed by atoms with E-state index in [0.29, 0.717) is 12.6 Å². The van der Waals surface area contributed by atoms with Gasteiger partial charge < -0.3 is 15.4 Å². The summed E-state index contributed by atoms with van der Waals surface area (Å²) in [6, 6.07) is 8.45. The highest BCUT2D eigenvalue weighted by atomic mass is 16.5. The van der Waals surface area contributed by atoms with Crippen LogP contribution in [-0.2, 0) is 0 Å². The van der Waals surface area contributed by atoms with Gasteiger partial charge in [-0.3, -0.25) is 4.99 Å². The second-order valence-electron chi connectivity index (χ2n) is 4.57. The van der Waals surface area contributed by atoms with Crippen molar-refractivity contribution in [1.29, 1.82) is 0 Å². The molecule has 0 spiro atoms. The fourth-order valence-electron chi connectivity index (χ4n) is 1.58. The second-order valence-corrected chi connectivity index (χ2v) is 4.57. The van der Waals surface area contributed by atoms with Crippen LogP contribution in [0.4, 0.5) is 0 Å². The summed E-state index contributed by atoms with van der Waals surface area (Å²) in [5.41, 5.74) is 1.16. The van der Waals surface area contributed by atoms with Crippen LogP contribution in [0.15, 0.2) is 29.3 Å². The van der Waals surface area contributed by atoms with Crippen LogP contribution >= 0.6 is 0 Å². The van der Waals surface area contributed by atoms with E-state index < -0.39 is 0 Å². The maximum atomic E-state index is 5.72. The van der Waals surface area contributed by atoms with Gasteiger partial charge in [0.25, 0.3) is 0 Å². The lowest BCUT2D eigenvalue weighted by Crippen LogP contribution is -2.43. The highest BCUT2D eigenvalue weighted by molar-refractivity contribution is 5.79. The van der Waals surface area contributed by atoms with Crippen molar-refractivity contribution >= 4 is 5.96 Å². The lowest BCUT2D eigenvalue weighted by atomic mass is 10.2. The molecule has 4 nitrogen and oxygen atoms in total. The van der Waals surface area contributed by atoms with E-state index in [9.17, 15) is 0 Å². The first-order valence-electron chi connectivity index (χ1n) is 6.83. The van der Waals surface area contributed by atoms with E-state index in [1.54, 1.807) is 7.05 Å². The van der Waals surface area contributed by atoms with Crippen molar-refractivity contribution < 1.29 is 4.74 Å². The number of guanidine groups is 1. The Morgan fingerprint density at radius 2 is 2.11 bits per heavy atom. The van der Waals surface area contributed by atoms with E-state index in [4.69, 9.17) is 4.74 Å². The SMILES string of the molecule is CCC(C)NC(=NC)NCCOc1ccccc1C. The van der Waals surface area contributed by atoms with E-state index in [0.717, 1.165) is 30.2 Å². The van der Waals surface area contributed by atoms with Crippen molar-refractivity contribution in [2.24, 2.45) is 4.99 Å². The van der Waals surface area contributed by atoms with E-state index in [1.165, 1.54) is 0 Å². The zero-order valence-corrected chi connectivity index (χ0v) is 12.4. The van der Waals surface area contributed by atoms with Gasteiger partial charge in [0.1, 0.15) is 12.4 Å². The van der Waals surface area contributed by atoms with Gasteiger partial charge in [-0.05, 0) is 31.9 Å². The molecule has 4 heteroatoms. The Morgan fingerprint density at radius 3 is 2.74 bits per heavy atom. The first kappa shape index (κ1) is 15.3. The predicted octanol–water partition coefficient (Wildman–Crippen LogP) is 2.34. The smallest absolute Gasteiger partial charge is 0.191 e. The quantitative estimate of drug-likeness (QED) is 0.470. The number of aryl methyl sites for hydroxylation is 1. The Hall–Kier alpha value is -1.71. The van der Waals surface area contributed by atoms with Crippen molar-refractivity contribution in [3.63, 3.8) is 0 Å². The molecule has 1 aromatic carbocycles. The molecule has 1 atom stereocenters. The summed E-state index contributed by atoms with van der Waals surface area (Å²) >= 11 is 0. The molecule has 0 bridgehead atoms. The number of ether oxygens (including phenoxy) is 1. The molecule has 19 heavy (non-hydrogen) atoms. The van der Waals surface area contributed by atoms with Crippen molar-refractivity contribution in [3.05, 3.63) is 29.8 Å². The minimum atomic E-state index is 0.420. The lowest BCUT2D eigenvalue weighted by molar-refractivity contribution is 0.319. The molecule has 0 saturated carbocycles. The Bertz CT molecular complexity index is 404. The number of rotatable bonds is 6. The lowest BCUT2D eigenvalue weighted by Gasteiger charge is -2.16. The molecule has 0 radical (unpaired) electrons. The Labute approximate surface area is 116 Å². The second kappa shape index (κ2) is 8.40. The number of hydrogen-bond donors (Lipinski definition) is 2. The van der Waals surface area contributed by atoms with Gasteiger partial charge in [-0.25, -0.2) is 0 Å². The van der Waals surface area contributed by atoms with Crippen LogP contribution in [0.25, 0.3) is 0 Å². The summed E-state index contributed by atoms with van der Waals surface area (Å²) in [7, 11) is 1.78. The maximum Gasteiger partial charge on any atom is 0.191 e. The summed E-state index contributed by atoms with van der Waals surface area (Å²) in [5.74, 6) is 1.76. The number of aliphatic imine (C=N–C) groups is 1. The van der Waals surface area contributed by atoms with Crippen LogP contribution in [0.2, 0.25) is 0 Å². The highest BCUT2D eigenvalue weighted by Gasteiger charge is 2.02. The van der Waals surface area contributed by atoms with Gasteiger partial charge in [0, 0.05) is 13.1 Å². The average molecular weight is 263 g/mol. The van der Waals surface area contributed by atoms with Crippen molar-refractivity contribution in [2.45, 2.75) is 33.2 Å². The molecule has 0 aliphatic carbocycles. The van der Waals surface area contributed by atoms with Gasteiger partial charge in [-0.1, -0.05) is 25.1 Å². The first-order valence-corrected chi connectivity index (χ1v) is 6.83. The first-order chi connectivity index (χ1) is 9.17. The zero-order valence-electron chi connectivity index (χ0n) is 12.4. The third kappa shape index (κ3) is 5.64. The third-order valence-electron chi connectivity index (χ3n) is 2.96. The molecule has 0 aliphatic heterocycles. The van der Waals surface area contributed by atoms with Crippen molar-refractivity contribution in [3.8, 4) is 5.75 Å². The Morgan fingerprint density at radius 1 is 1.37 bits per heavy atom. The molecular formula is C15H25N3O. The van der Waals surface area contributed by atoms with Crippen LogP contribution in [0.5, 0.6) is 5.75 Å². The molecule has 1 aromatic rings. The summed E-state index contributed by atoms with van der Waals surface area (Å²) in [4.78, 5) is 4.18. The van der Waals surface area contributed by atoms with Crippen molar-refractivity contribution in [2.75, 3.05) is 20.2 Å². The van der Waals surface area contributed by atoms with Crippen LogP contribution in [0.3, 0.4) is 0 Å². The van der Waals surface area contributed by atoms with E-state index in [-0.39, 0.29) is 0 Å². The minimum Gasteiger partial charge on any atom is -0.491 e. The number of benzene rings is 1. The molecule has 0 aromatic heterocycles. The fraction of sp³-hybridized carbons (Fsp3) is 0.533. The number of nitrogens with zero attached hydrogens (tertiary/aromatic N) is 1. The molecular weight excluding hydrogens is 238 g/mol. The molecule has 1 rings (SSSR count). The normalized spacial score (nSPS) is 12.9. The van der Waals surface area contributed by atoms with Crippen molar-refractivity contribution in [1.82, 2.24) is 10.6 Å². The third-order valence-corrected chi connectivity index (χ3v) is 2.96. The highest BCUT2D eigenvalue weighted by Crippen LogP contribution is 2.15. The molecule has 2 N–H and O–H groups in total. The van der Waals surface area contributed by atoms with Crippen LogP contribution in [0, 0.1) is 6.92 Å². The monoisotopic (exact) mass is 263 g/mol. The topological polar surface area (TPSA) is 45.7 Å². The van der Waals surface area contributed by atoms with Crippen LogP contribution < -0.4 is 15.4 Å². The summed E-state index contributed by atoms with van der Waals surface area (Å²) in [5, 5.41) is 6.55. The van der Waals surface area contributed by atoms with E-state index in [1.807, 2.05) is 31.2 Å². The predicted molar refractivity (Wildman–Crippen MR) is 80.9 cm³/mol. The van der Waals surface area contributed by atoms with Gasteiger partial charge in [-0.15, -0.1) is 0 Å². The largest absolute Gasteiger partial charge is 0.491 e. The average Bonchev–Trinajstić information content (AvgIpc) is 2.43. The summed E-state index contributed by atoms with van der Waals surface area (Å²) in [6.07, 6.45) is 1.07. The number of nitrogens with one attached hydrogen (secondary N) is 2. The molecule has 0 fully saturated rings. The molecule has 0 aliphatic rings. The van der Waals surface area contributed by atoms with Gasteiger partial charge in [0.05, 0.1) is 6.54 Å². The maximum absolute atomic E-state index is 5.72. The Kier molecular flexibility index (Phi) is 6.79. The molecule has 1 unspecified atom stereocenters. The van der Waals surface area contributed by atoms with Gasteiger partial charge in [0.2, 0.25) is 0 Å².